The molecule has 0 aromatic carbocycles. The first-order chi connectivity index (χ1) is 12.2. The molecule has 1 aliphatic heterocycles. The van der Waals surface area contributed by atoms with Crippen LogP contribution in [0.1, 0.15) is 5.69 Å². The molecule has 0 amide bonds. The van der Waals surface area contributed by atoms with E-state index in [-0.39, 0.29) is 24.0 Å². The summed E-state index contributed by atoms with van der Waals surface area (Å²) in [5.41, 5.74) is 0.843. The van der Waals surface area contributed by atoms with Crippen molar-refractivity contribution in [2.24, 2.45) is 4.99 Å². The molecule has 3 heterocycles. The number of piperazine rings is 1. The predicted octanol–water partition coefficient (Wildman–Crippen LogP) is 1.75. The van der Waals surface area contributed by atoms with Crippen molar-refractivity contribution in [3.8, 4) is 5.88 Å². The van der Waals surface area contributed by atoms with Crippen LogP contribution in [0.15, 0.2) is 32.5 Å². The highest BCUT2D eigenvalue weighted by atomic mass is 127. The van der Waals surface area contributed by atoms with Gasteiger partial charge in [0.1, 0.15) is 12.0 Å². The molecule has 2 aromatic rings. The predicted molar refractivity (Wildman–Crippen MR) is 112 cm³/mol. The number of hydrogen-bond acceptors (Lipinski definition) is 7. The Bertz CT molecular complexity index is 721. The number of halogens is 2. The van der Waals surface area contributed by atoms with E-state index in [1.165, 1.54) is 0 Å². The van der Waals surface area contributed by atoms with Crippen LogP contribution >= 0.6 is 39.9 Å². The molecule has 142 valence electrons. The van der Waals surface area contributed by atoms with E-state index in [9.17, 15) is 0 Å². The third-order valence-corrected chi connectivity index (χ3v) is 4.43. The average Bonchev–Trinajstić information content (AvgIpc) is 3.17. The Balaban J connectivity index is 0.00000243. The Kier molecular flexibility index (Phi) is 7.87. The fourth-order valence-corrected chi connectivity index (χ4v) is 2.94. The maximum Gasteiger partial charge on any atom is 0.232 e. The topological polar surface area (TPSA) is 91.9 Å². The number of aromatic nitrogens is 3. The summed E-state index contributed by atoms with van der Waals surface area (Å²) >= 11 is 3.37. The highest BCUT2D eigenvalue weighted by Gasteiger charge is 2.22. The van der Waals surface area contributed by atoms with Gasteiger partial charge in [0.2, 0.25) is 11.8 Å². The van der Waals surface area contributed by atoms with Crippen LogP contribution in [0, 0.1) is 0 Å². The van der Waals surface area contributed by atoms with E-state index in [0.717, 1.165) is 42.3 Å². The van der Waals surface area contributed by atoms with Crippen molar-refractivity contribution >= 4 is 51.8 Å². The Morgan fingerprint density at radius 2 is 2.15 bits per heavy atom. The third-order valence-electron chi connectivity index (χ3n) is 3.89. The second kappa shape index (κ2) is 9.90. The molecule has 0 saturated carbocycles. The van der Waals surface area contributed by atoms with Gasteiger partial charge in [-0.1, -0.05) is 5.16 Å². The largest absolute Gasteiger partial charge is 0.480 e. The van der Waals surface area contributed by atoms with Crippen LogP contribution < -0.4 is 15.0 Å². The summed E-state index contributed by atoms with van der Waals surface area (Å²) in [6.45, 7) is 3.82. The molecule has 0 spiro atoms. The van der Waals surface area contributed by atoms with Crippen LogP contribution in [0.3, 0.4) is 0 Å². The number of aliphatic imine (C=N–C) groups is 1. The molecule has 3 rings (SSSR count). The number of ether oxygens (including phenoxy) is 1. The molecular formula is C15H21BrIN7O2. The van der Waals surface area contributed by atoms with Gasteiger partial charge < -0.3 is 24.4 Å². The summed E-state index contributed by atoms with van der Waals surface area (Å²) in [5.74, 6) is 2.06. The number of hydrogen-bond donors (Lipinski definition) is 1. The lowest BCUT2D eigenvalue weighted by molar-refractivity contribution is 0.364. The van der Waals surface area contributed by atoms with E-state index in [0.29, 0.717) is 18.4 Å². The molecule has 1 N–H and O–H groups in total. The van der Waals surface area contributed by atoms with Crippen LogP contribution in [-0.4, -0.2) is 66.3 Å². The number of nitrogens with one attached hydrogen (secondary N) is 1. The van der Waals surface area contributed by atoms with Crippen molar-refractivity contribution < 1.29 is 9.26 Å². The Hall–Kier alpha value is -1.63. The SMILES string of the molecule is CN=C(NCc1ccon1)N1CCN(c2ncc(Br)c(OC)n2)CC1.I. The lowest BCUT2D eigenvalue weighted by Crippen LogP contribution is -2.52. The molecule has 0 aliphatic carbocycles. The summed E-state index contributed by atoms with van der Waals surface area (Å²) in [4.78, 5) is 17.5. The first kappa shape index (κ1) is 20.7. The quantitative estimate of drug-likeness (QED) is 0.358. The van der Waals surface area contributed by atoms with Gasteiger partial charge >= 0.3 is 0 Å². The molecule has 11 heteroatoms. The third kappa shape index (κ3) is 4.96. The monoisotopic (exact) mass is 537 g/mol. The molecule has 0 radical (unpaired) electrons. The molecular weight excluding hydrogens is 517 g/mol. The molecule has 1 saturated heterocycles. The minimum atomic E-state index is 0. The second-order valence-electron chi connectivity index (χ2n) is 5.39. The van der Waals surface area contributed by atoms with Crippen molar-refractivity contribution in [2.75, 3.05) is 45.2 Å². The summed E-state index contributed by atoms with van der Waals surface area (Å²) < 4.78 is 10.8. The summed E-state index contributed by atoms with van der Waals surface area (Å²) in [5, 5.41) is 7.19. The first-order valence-corrected chi connectivity index (χ1v) is 8.67. The standard InChI is InChI=1S/C15H20BrN7O2.HI/c1-17-14(18-9-11-3-8-25-21-11)22-4-6-23(7-5-22)15-19-10-12(16)13(20-15)24-2;/h3,8,10H,4-7,9H2,1-2H3,(H,17,18);1H. The second-order valence-corrected chi connectivity index (χ2v) is 6.25. The molecule has 1 fully saturated rings. The van der Waals surface area contributed by atoms with E-state index < -0.39 is 0 Å². The molecule has 1 aliphatic rings. The summed E-state index contributed by atoms with van der Waals surface area (Å²) in [6, 6.07) is 1.83. The van der Waals surface area contributed by atoms with E-state index in [1.54, 1.807) is 26.6 Å². The van der Waals surface area contributed by atoms with Gasteiger partial charge in [-0.2, -0.15) is 4.98 Å². The normalized spacial score (nSPS) is 14.8. The highest BCUT2D eigenvalue weighted by Crippen LogP contribution is 2.23. The summed E-state index contributed by atoms with van der Waals surface area (Å²) in [6.07, 6.45) is 3.27. The highest BCUT2D eigenvalue weighted by molar-refractivity contribution is 14.0. The lowest BCUT2D eigenvalue weighted by Gasteiger charge is -2.36. The van der Waals surface area contributed by atoms with E-state index in [4.69, 9.17) is 9.26 Å². The minimum Gasteiger partial charge on any atom is -0.480 e. The maximum absolute atomic E-state index is 5.24. The Morgan fingerprint density at radius 1 is 1.38 bits per heavy atom. The number of methoxy groups -OCH3 is 1. The number of rotatable bonds is 4. The Labute approximate surface area is 177 Å². The van der Waals surface area contributed by atoms with Crippen LogP contribution in [0.5, 0.6) is 5.88 Å². The van der Waals surface area contributed by atoms with Crippen molar-refractivity contribution in [2.45, 2.75) is 6.54 Å². The Morgan fingerprint density at radius 3 is 2.77 bits per heavy atom. The minimum absolute atomic E-state index is 0. The van der Waals surface area contributed by atoms with Gasteiger partial charge in [-0.05, 0) is 15.9 Å². The molecule has 0 bridgehead atoms. The zero-order valence-corrected chi connectivity index (χ0v) is 18.5. The van der Waals surface area contributed by atoms with Gasteiger partial charge in [-0.15, -0.1) is 24.0 Å². The molecule has 0 atom stereocenters. The number of guanidine groups is 1. The van der Waals surface area contributed by atoms with Crippen molar-refractivity contribution in [1.82, 2.24) is 25.3 Å². The first-order valence-electron chi connectivity index (χ1n) is 7.87. The van der Waals surface area contributed by atoms with Gasteiger partial charge in [-0.3, -0.25) is 4.99 Å². The van der Waals surface area contributed by atoms with Crippen LogP contribution in [0.2, 0.25) is 0 Å². The fraction of sp³-hybridized carbons (Fsp3) is 0.467. The van der Waals surface area contributed by atoms with E-state index in [2.05, 4.69) is 51.2 Å². The maximum atomic E-state index is 5.24. The fourth-order valence-electron chi connectivity index (χ4n) is 2.59. The average molecular weight is 538 g/mol. The molecule has 26 heavy (non-hydrogen) atoms. The van der Waals surface area contributed by atoms with Gasteiger partial charge in [0, 0.05) is 39.3 Å². The van der Waals surface area contributed by atoms with E-state index in [1.807, 2.05) is 6.07 Å². The van der Waals surface area contributed by atoms with Crippen molar-refractivity contribution in [3.63, 3.8) is 0 Å². The van der Waals surface area contributed by atoms with Crippen LogP contribution in [-0.2, 0) is 6.54 Å². The van der Waals surface area contributed by atoms with Crippen molar-refractivity contribution in [1.29, 1.82) is 0 Å². The van der Waals surface area contributed by atoms with E-state index >= 15 is 0 Å². The van der Waals surface area contributed by atoms with Crippen LogP contribution in [0.4, 0.5) is 5.95 Å². The van der Waals surface area contributed by atoms with Gasteiger partial charge in [-0.25, -0.2) is 4.98 Å². The lowest BCUT2D eigenvalue weighted by atomic mass is 10.3. The van der Waals surface area contributed by atoms with Crippen molar-refractivity contribution in [3.05, 3.63) is 28.7 Å². The van der Waals surface area contributed by atoms with Gasteiger partial charge in [0.15, 0.2) is 5.96 Å². The number of anilines is 1. The number of nitrogens with zero attached hydrogens (tertiary/aromatic N) is 6. The van der Waals surface area contributed by atoms with Gasteiger partial charge in [0.25, 0.3) is 0 Å². The van der Waals surface area contributed by atoms with Crippen LogP contribution in [0.25, 0.3) is 0 Å². The molecule has 2 aromatic heterocycles. The summed E-state index contributed by atoms with van der Waals surface area (Å²) in [7, 11) is 3.37. The zero-order valence-electron chi connectivity index (χ0n) is 14.6. The van der Waals surface area contributed by atoms with Gasteiger partial charge in [0.05, 0.1) is 24.3 Å². The smallest absolute Gasteiger partial charge is 0.232 e. The molecule has 9 nitrogen and oxygen atoms in total. The molecule has 0 unspecified atom stereocenters. The zero-order chi connectivity index (χ0) is 17.6.